The number of benzene rings is 1. The largest absolute Gasteiger partial charge is 0.491 e. The minimum absolute atomic E-state index is 0. The van der Waals surface area contributed by atoms with E-state index in [2.05, 4.69) is 27.3 Å². The first-order chi connectivity index (χ1) is 15.9. The Labute approximate surface area is 219 Å². The Kier molecular flexibility index (Phi) is 10.2. The van der Waals surface area contributed by atoms with Crippen molar-refractivity contribution in [2.45, 2.75) is 45.2 Å². The highest BCUT2D eigenvalue weighted by atomic mass is 35.5. The molecule has 2 aliphatic rings. The first kappa shape index (κ1) is 28.7. The van der Waals surface area contributed by atoms with Crippen molar-refractivity contribution >= 4 is 42.3 Å². The highest BCUT2D eigenvalue weighted by Gasteiger charge is 2.48. The first-order valence-corrected chi connectivity index (χ1v) is 11.6. The molecule has 2 aromatic rings. The molecule has 2 aliphatic heterocycles. The zero-order chi connectivity index (χ0) is 23.4. The third-order valence-electron chi connectivity index (χ3n) is 6.66. The summed E-state index contributed by atoms with van der Waals surface area (Å²) in [6.07, 6.45) is 3.74. The SMILES string of the molecule is CCOC(=O)C1CCN(c2ccnc(C)c2)C(COc2ccc3c(c2)CNCC3)(C(=N)N)C1.Cl.Cl. The van der Waals surface area contributed by atoms with Crippen LogP contribution in [0.3, 0.4) is 0 Å². The fourth-order valence-corrected chi connectivity index (χ4v) is 4.87. The summed E-state index contributed by atoms with van der Waals surface area (Å²) in [6.45, 7) is 6.58. The normalized spacial score (nSPS) is 21.1. The van der Waals surface area contributed by atoms with Gasteiger partial charge in [-0.3, -0.25) is 15.2 Å². The fourth-order valence-electron chi connectivity index (χ4n) is 4.87. The van der Waals surface area contributed by atoms with Gasteiger partial charge in [0.15, 0.2) is 0 Å². The van der Waals surface area contributed by atoms with Gasteiger partial charge in [-0.05, 0) is 75.0 Å². The van der Waals surface area contributed by atoms with E-state index in [-0.39, 0.29) is 49.1 Å². The van der Waals surface area contributed by atoms with E-state index in [1.165, 1.54) is 11.1 Å². The van der Waals surface area contributed by atoms with Crippen molar-refractivity contribution in [3.8, 4) is 5.75 Å². The molecule has 1 aromatic carbocycles. The molecule has 1 aromatic heterocycles. The molecule has 1 saturated heterocycles. The van der Waals surface area contributed by atoms with Crippen molar-refractivity contribution in [3.05, 3.63) is 53.3 Å². The molecule has 35 heavy (non-hydrogen) atoms. The van der Waals surface area contributed by atoms with Crippen LogP contribution in [0, 0.1) is 18.3 Å². The molecular formula is C25H35Cl2N5O3. The fraction of sp³-hybridized carbons (Fsp3) is 0.480. The molecule has 4 rings (SSSR count). The Hall–Kier alpha value is -2.55. The lowest BCUT2D eigenvalue weighted by molar-refractivity contribution is -0.149. The molecule has 0 amide bonds. The second kappa shape index (κ2) is 12.4. The van der Waals surface area contributed by atoms with Crippen LogP contribution in [0.1, 0.15) is 36.6 Å². The summed E-state index contributed by atoms with van der Waals surface area (Å²) in [4.78, 5) is 19.0. The lowest BCUT2D eigenvalue weighted by Gasteiger charge is -2.49. The number of anilines is 1. The molecule has 8 nitrogen and oxygen atoms in total. The van der Waals surface area contributed by atoms with E-state index in [1.807, 2.05) is 25.1 Å². The molecule has 0 saturated carbocycles. The molecule has 0 radical (unpaired) electrons. The maximum absolute atomic E-state index is 12.6. The molecule has 3 heterocycles. The van der Waals surface area contributed by atoms with Crippen molar-refractivity contribution in [2.24, 2.45) is 11.7 Å². The van der Waals surface area contributed by atoms with E-state index in [1.54, 1.807) is 13.1 Å². The average molecular weight is 524 g/mol. The lowest BCUT2D eigenvalue weighted by Crippen LogP contribution is -2.65. The van der Waals surface area contributed by atoms with Crippen LogP contribution in [0.4, 0.5) is 5.69 Å². The van der Waals surface area contributed by atoms with E-state index in [0.29, 0.717) is 26.0 Å². The Morgan fingerprint density at radius 2 is 2.09 bits per heavy atom. The maximum atomic E-state index is 12.6. The quantitative estimate of drug-likeness (QED) is 0.289. The highest BCUT2D eigenvalue weighted by Crippen LogP contribution is 2.37. The number of aromatic nitrogens is 1. The van der Waals surface area contributed by atoms with Gasteiger partial charge in [0, 0.05) is 30.7 Å². The van der Waals surface area contributed by atoms with Gasteiger partial charge in [-0.1, -0.05) is 6.07 Å². The number of pyridine rings is 1. The number of nitrogens with one attached hydrogen (secondary N) is 2. The number of halogens is 2. The zero-order valence-electron chi connectivity index (χ0n) is 20.2. The minimum atomic E-state index is -0.975. The molecular weight excluding hydrogens is 489 g/mol. The Morgan fingerprint density at radius 3 is 2.80 bits per heavy atom. The predicted molar refractivity (Wildman–Crippen MR) is 142 cm³/mol. The summed E-state index contributed by atoms with van der Waals surface area (Å²) in [6, 6.07) is 10.0. The van der Waals surface area contributed by atoms with Gasteiger partial charge < -0.3 is 25.4 Å². The highest BCUT2D eigenvalue weighted by molar-refractivity contribution is 5.92. The summed E-state index contributed by atoms with van der Waals surface area (Å²) in [5, 5.41) is 12.0. The van der Waals surface area contributed by atoms with E-state index in [4.69, 9.17) is 20.6 Å². The van der Waals surface area contributed by atoms with E-state index < -0.39 is 5.54 Å². The van der Waals surface area contributed by atoms with Gasteiger partial charge in [0.2, 0.25) is 0 Å². The number of nitrogens with zero attached hydrogens (tertiary/aromatic N) is 2. The van der Waals surface area contributed by atoms with Crippen molar-refractivity contribution in [1.82, 2.24) is 10.3 Å². The van der Waals surface area contributed by atoms with Crippen LogP contribution in [0.5, 0.6) is 5.75 Å². The number of piperidine rings is 1. The molecule has 2 atom stereocenters. The van der Waals surface area contributed by atoms with Crippen LogP contribution in [0.15, 0.2) is 36.5 Å². The Morgan fingerprint density at radius 1 is 1.29 bits per heavy atom. The lowest BCUT2D eigenvalue weighted by atomic mass is 9.79. The van der Waals surface area contributed by atoms with Gasteiger partial charge in [0.25, 0.3) is 0 Å². The van der Waals surface area contributed by atoms with Gasteiger partial charge in [0.05, 0.1) is 12.5 Å². The van der Waals surface area contributed by atoms with E-state index in [0.717, 1.165) is 36.6 Å². The summed E-state index contributed by atoms with van der Waals surface area (Å²) in [5.74, 6) is 0.130. The van der Waals surface area contributed by atoms with Crippen LogP contribution in [-0.4, -0.2) is 48.6 Å². The number of hydrogen-bond acceptors (Lipinski definition) is 7. The van der Waals surface area contributed by atoms with Gasteiger partial charge in [0.1, 0.15) is 23.7 Å². The first-order valence-electron chi connectivity index (χ1n) is 11.6. The number of aryl methyl sites for hydroxylation is 1. The Bertz CT molecular complexity index is 1040. The molecule has 0 bridgehead atoms. The number of nitrogens with two attached hydrogens (primary N) is 1. The summed E-state index contributed by atoms with van der Waals surface area (Å²) in [5.41, 5.74) is 9.64. The topological polar surface area (TPSA) is 114 Å². The van der Waals surface area contributed by atoms with Crippen LogP contribution in [0.2, 0.25) is 0 Å². The molecule has 4 N–H and O–H groups in total. The summed E-state index contributed by atoms with van der Waals surface area (Å²) in [7, 11) is 0. The molecule has 2 unspecified atom stereocenters. The smallest absolute Gasteiger partial charge is 0.309 e. The number of carbonyl (C=O) groups excluding carboxylic acids is 1. The number of esters is 1. The average Bonchev–Trinajstić information content (AvgIpc) is 2.82. The van der Waals surface area contributed by atoms with Gasteiger partial charge in [-0.15, -0.1) is 24.8 Å². The number of rotatable bonds is 7. The van der Waals surface area contributed by atoms with Crippen molar-refractivity contribution in [1.29, 1.82) is 5.41 Å². The van der Waals surface area contributed by atoms with Gasteiger partial charge >= 0.3 is 5.97 Å². The van der Waals surface area contributed by atoms with Gasteiger partial charge in [-0.2, -0.15) is 0 Å². The van der Waals surface area contributed by atoms with Crippen molar-refractivity contribution < 1.29 is 14.3 Å². The second-order valence-electron chi connectivity index (χ2n) is 8.84. The molecule has 1 fully saturated rings. The zero-order valence-corrected chi connectivity index (χ0v) is 21.8. The number of amidine groups is 1. The van der Waals surface area contributed by atoms with Crippen LogP contribution in [-0.2, 0) is 22.5 Å². The van der Waals surface area contributed by atoms with Crippen molar-refractivity contribution in [3.63, 3.8) is 0 Å². The number of ether oxygens (including phenoxy) is 2. The molecule has 192 valence electrons. The molecule has 0 aliphatic carbocycles. The number of carbonyl (C=O) groups is 1. The van der Waals surface area contributed by atoms with Crippen LogP contribution >= 0.6 is 24.8 Å². The Balaban J connectivity index is 0.00000216. The van der Waals surface area contributed by atoms with Crippen LogP contribution < -0.4 is 20.7 Å². The summed E-state index contributed by atoms with van der Waals surface area (Å²) >= 11 is 0. The minimum Gasteiger partial charge on any atom is -0.491 e. The molecule has 10 heteroatoms. The number of fused-ring (bicyclic) bond motifs is 1. The third-order valence-corrected chi connectivity index (χ3v) is 6.66. The van der Waals surface area contributed by atoms with E-state index >= 15 is 0 Å². The summed E-state index contributed by atoms with van der Waals surface area (Å²) < 4.78 is 11.6. The van der Waals surface area contributed by atoms with Gasteiger partial charge in [-0.25, -0.2) is 0 Å². The standard InChI is InChI=1S/C25H33N5O3.2ClH/c1-3-32-23(31)19-8-11-30(21-7-10-29-17(2)12-21)25(14-19,24(26)27)16-33-22-5-4-18-6-9-28-15-20(18)13-22;;/h4-5,7,10,12-13,19,28H,3,6,8-9,11,14-16H2,1-2H3,(H3,26,27);2*1H. The van der Waals surface area contributed by atoms with Crippen LogP contribution in [0.25, 0.3) is 0 Å². The van der Waals surface area contributed by atoms with Crippen molar-refractivity contribution in [2.75, 3.05) is 31.2 Å². The monoisotopic (exact) mass is 523 g/mol. The maximum Gasteiger partial charge on any atom is 0.309 e. The second-order valence-corrected chi connectivity index (χ2v) is 8.84. The molecule has 0 spiro atoms. The third kappa shape index (κ3) is 6.18. The number of hydrogen-bond donors (Lipinski definition) is 3. The van der Waals surface area contributed by atoms with E-state index in [9.17, 15) is 4.79 Å². The predicted octanol–water partition coefficient (Wildman–Crippen LogP) is 3.41.